The van der Waals surface area contributed by atoms with Crippen LogP contribution in [0.1, 0.15) is 248 Å². The highest BCUT2D eigenvalue weighted by Crippen LogP contribution is 2.35. The number of fused-ring (bicyclic) bond motifs is 1. The van der Waals surface area contributed by atoms with E-state index in [1.54, 1.807) is 11.8 Å². The number of piperidine rings is 1. The van der Waals surface area contributed by atoms with Crippen LogP contribution in [0, 0.1) is 32.5 Å². The number of rotatable bonds is 12. The minimum Gasteiger partial charge on any atom is -0.371 e. The van der Waals surface area contributed by atoms with Crippen LogP contribution in [0.15, 0.2) is 152 Å². The van der Waals surface area contributed by atoms with Crippen molar-refractivity contribution in [2.24, 2.45) is 32.5 Å². The standard InChI is InChI=1S/C18H28N2.C17H27N.C16H25NO.C16H25N.C16H23N.C15H21NOS/c1-18(2,3)13-15-6-8-16(9-7-15)20-12-11-19-10-4-5-17(19)14-20;1-17(2,3)12-14-7-9-15(10-8-14)16-6-5-11-18(4)13-16;1-16(2,3)11-13-5-7-14(8-6-13)15-12-17(4)9-10-18-15;1-16(2,3)11-13-5-7-14(8-6-13)15-9-10-17(4)12-15;1-16(2,3)12-13-4-6-14(7-5-13)15-8-10-17-11-9-15;1-15(2,3)10-11-4-6-12(7-5-11)13-14(17)16-8-9-18-13/h6-9,17H,4-5,10-14H2,1-3H3;7-10,16H,5-6,11-13H2,1-4H3;5-8,15H,9-12H2,1-4H3;5-8,15H,9-12H2,1-4H3;4-8,17H,9-12H2,1-3H3;4-7,13H,8-10H2,1-3H3,(H,16,17). The molecule has 2 N–H and O–H groups in total. The highest BCUT2D eigenvalue weighted by Gasteiger charge is 2.32. The number of likely N-dealkylation sites (N-methyl/N-ethyl adjacent to an activating group) is 3. The van der Waals surface area contributed by atoms with Crippen LogP contribution in [-0.2, 0) is 48.1 Å². The summed E-state index contributed by atoms with van der Waals surface area (Å²) in [6.45, 7) is 56.9. The Balaban J connectivity index is 0.000000163. The number of hydrogen-bond acceptors (Lipinski definition) is 9. The normalized spacial score (nSPS) is 21.3. The van der Waals surface area contributed by atoms with E-state index in [4.69, 9.17) is 4.74 Å². The van der Waals surface area contributed by atoms with Crippen molar-refractivity contribution >= 4 is 28.9 Å². The molecule has 7 aliphatic rings. The number of anilines is 1. The maximum absolute atomic E-state index is 11.8. The minimum absolute atomic E-state index is 0.0255. The molecule has 0 aliphatic carbocycles. The first-order valence-electron chi connectivity index (χ1n) is 41.8. The van der Waals surface area contributed by atoms with Crippen molar-refractivity contribution in [3.8, 4) is 0 Å². The van der Waals surface area contributed by atoms with Gasteiger partial charge in [0.05, 0.1) is 12.7 Å². The van der Waals surface area contributed by atoms with Gasteiger partial charge in [-0.15, -0.1) is 11.8 Å². The van der Waals surface area contributed by atoms with Gasteiger partial charge in [0, 0.05) is 76.4 Å². The molecule has 0 spiro atoms. The highest BCUT2D eigenvalue weighted by molar-refractivity contribution is 8.00. The van der Waals surface area contributed by atoms with E-state index in [0.717, 1.165) is 113 Å². The number of carbonyl (C=O) groups excluding carboxylic acids is 1. The van der Waals surface area contributed by atoms with Crippen LogP contribution < -0.4 is 15.5 Å². The van der Waals surface area contributed by atoms with Crippen LogP contribution in [0.5, 0.6) is 0 Å². The Morgan fingerprint density at radius 1 is 0.417 bits per heavy atom. The summed E-state index contributed by atoms with van der Waals surface area (Å²) < 4.78 is 5.83. The molecule has 0 aromatic heterocycles. The molecule has 1 amide bonds. The van der Waals surface area contributed by atoms with E-state index in [1.165, 1.54) is 151 Å². The highest BCUT2D eigenvalue weighted by atomic mass is 32.2. The average Bonchev–Trinajstić information content (AvgIpc) is 1.60. The molecule has 108 heavy (non-hydrogen) atoms. The van der Waals surface area contributed by atoms with Crippen molar-refractivity contribution in [1.82, 2.24) is 30.2 Å². The second-order valence-electron chi connectivity index (χ2n) is 40.2. The Morgan fingerprint density at radius 2 is 0.833 bits per heavy atom. The first-order chi connectivity index (χ1) is 50.8. The summed E-state index contributed by atoms with van der Waals surface area (Å²) in [6, 6.07) is 55.3. The molecular formula is C98H149N7O2S. The number of morpholine rings is 1. The van der Waals surface area contributed by atoms with Crippen LogP contribution >= 0.6 is 11.8 Å². The molecule has 13 rings (SSSR count). The van der Waals surface area contributed by atoms with Crippen LogP contribution in [-0.4, -0.2) is 150 Å². The number of benzene rings is 6. The maximum Gasteiger partial charge on any atom is 0.237 e. The van der Waals surface area contributed by atoms with Gasteiger partial charge in [-0.1, -0.05) is 264 Å². The van der Waals surface area contributed by atoms with Crippen LogP contribution in [0.25, 0.3) is 5.57 Å². The minimum atomic E-state index is -0.0255. The van der Waals surface area contributed by atoms with Gasteiger partial charge in [-0.2, -0.15) is 0 Å². The molecule has 7 heterocycles. The predicted octanol–water partition coefficient (Wildman–Crippen LogP) is 21.4. The van der Waals surface area contributed by atoms with Crippen LogP contribution in [0.3, 0.4) is 0 Å². The first-order valence-corrected chi connectivity index (χ1v) is 42.9. The number of hydrogen-bond donors (Lipinski definition) is 2. The smallest absolute Gasteiger partial charge is 0.237 e. The molecule has 5 atom stereocenters. The number of nitrogens with zero attached hydrogens (tertiary/aromatic N) is 5. The summed E-state index contributed by atoms with van der Waals surface area (Å²) in [5.74, 6) is 2.64. The fourth-order valence-corrected chi connectivity index (χ4v) is 17.4. The van der Waals surface area contributed by atoms with Gasteiger partial charge in [0.15, 0.2) is 0 Å². The lowest BCUT2D eigenvalue weighted by molar-refractivity contribution is -0.120. The van der Waals surface area contributed by atoms with Gasteiger partial charge in [-0.3, -0.25) is 9.69 Å². The Hall–Kier alpha value is -5.56. The van der Waals surface area contributed by atoms with Crippen molar-refractivity contribution in [2.45, 2.75) is 231 Å². The summed E-state index contributed by atoms with van der Waals surface area (Å²) >= 11 is 1.73. The van der Waals surface area contributed by atoms with E-state index in [0.29, 0.717) is 32.5 Å². The zero-order chi connectivity index (χ0) is 78.5. The monoisotopic (exact) mass is 1490 g/mol. The zero-order valence-electron chi connectivity index (χ0n) is 71.9. The number of carbonyl (C=O) groups is 1. The largest absolute Gasteiger partial charge is 0.371 e. The molecule has 5 unspecified atom stereocenters. The van der Waals surface area contributed by atoms with E-state index in [2.05, 4.69) is 333 Å². The van der Waals surface area contributed by atoms with Gasteiger partial charge in [0.25, 0.3) is 0 Å². The molecule has 0 bridgehead atoms. The number of thioether (sulfide) groups is 1. The number of amides is 1. The second kappa shape index (κ2) is 40.8. The van der Waals surface area contributed by atoms with E-state index >= 15 is 0 Å². The molecule has 0 radical (unpaired) electrons. The molecule has 6 saturated heterocycles. The van der Waals surface area contributed by atoms with Gasteiger partial charge in [0.2, 0.25) is 5.91 Å². The average molecular weight is 1490 g/mol. The summed E-state index contributed by atoms with van der Waals surface area (Å²) in [5, 5.41) is 6.25. The summed E-state index contributed by atoms with van der Waals surface area (Å²) in [6.07, 6.45) is 17.3. The Morgan fingerprint density at radius 3 is 1.26 bits per heavy atom. The molecule has 9 nitrogen and oxygen atoms in total. The molecule has 6 fully saturated rings. The predicted molar refractivity (Wildman–Crippen MR) is 469 cm³/mol. The maximum atomic E-state index is 11.8. The molecular weight excluding hydrogens is 1340 g/mol. The molecule has 6 aromatic carbocycles. The summed E-state index contributed by atoms with van der Waals surface area (Å²) in [7, 11) is 6.61. The first kappa shape index (κ1) is 88.0. The molecule has 10 heteroatoms. The topological polar surface area (TPSA) is 66.6 Å². The molecule has 594 valence electrons. The van der Waals surface area contributed by atoms with Gasteiger partial charge in [-0.25, -0.2) is 0 Å². The van der Waals surface area contributed by atoms with E-state index in [9.17, 15) is 4.79 Å². The van der Waals surface area contributed by atoms with Crippen molar-refractivity contribution in [3.05, 3.63) is 213 Å². The summed E-state index contributed by atoms with van der Waals surface area (Å²) in [4.78, 5) is 24.2. The summed E-state index contributed by atoms with van der Waals surface area (Å²) in [5.41, 5.74) is 20.5. The Bertz CT molecular complexity index is 3540. The van der Waals surface area contributed by atoms with Crippen molar-refractivity contribution in [1.29, 1.82) is 0 Å². The van der Waals surface area contributed by atoms with Gasteiger partial charge in [0.1, 0.15) is 5.25 Å². The van der Waals surface area contributed by atoms with Crippen molar-refractivity contribution < 1.29 is 9.53 Å². The third-order valence-electron chi connectivity index (χ3n) is 21.4. The third kappa shape index (κ3) is 32.3. The van der Waals surface area contributed by atoms with Gasteiger partial charge < -0.3 is 35.0 Å². The van der Waals surface area contributed by atoms with Gasteiger partial charge >= 0.3 is 0 Å². The quantitative estimate of drug-likeness (QED) is 0.125. The number of nitrogens with one attached hydrogen (secondary N) is 2. The SMILES string of the molecule is CC(C)(C)Cc1ccc(C2=CCNCC2)cc1.CC(C)(C)Cc1ccc(C2SCCNC2=O)cc1.CC(C)(C)Cc1ccc(N2CCN3CCCC3C2)cc1.CN1CCC(c2ccc(CC(C)(C)C)cc2)C1.CN1CCCC(c2ccc(CC(C)(C)C)cc2)C1.CN1CCOC(c2ccc(CC(C)(C)C)cc2)C1. The lowest BCUT2D eigenvalue weighted by Gasteiger charge is -2.38. The van der Waals surface area contributed by atoms with Crippen molar-refractivity contribution in [3.63, 3.8) is 0 Å². The van der Waals surface area contributed by atoms with Crippen LogP contribution in [0.4, 0.5) is 5.69 Å². The zero-order valence-corrected chi connectivity index (χ0v) is 72.7. The van der Waals surface area contributed by atoms with E-state index < -0.39 is 0 Å². The lowest BCUT2D eigenvalue weighted by Crippen LogP contribution is -2.50. The van der Waals surface area contributed by atoms with Crippen molar-refractivity contribution in [2.75, 3.05) is 123 Å². The Labute approximate surface area is 664 Å². The second-order valence-corrected chi connectivity index (χ2v) is 41.4. The fourth-order valence-electron chi connectivity index (χ4n) is 16.3. The van der Waals surface area contributed by atoms with Crippen LogP contribution in [0.2, 0.25) is 0 Å². The fraction of sp³-hybridized carbons (Fsp3) is 0.602. The number of piperazine rings is 1. The number of likely N-dealkylation sites (tertiary alicyclic amines) is 2. The Kier molecular flexibility index (Phi) is 33.2. The molecule has 7 aliphatic heterocycles. The third-order valence-corrected chi connectivity index (χ3v) is 22.7. The number of ether oxygens (including phenoxy) is 1. The molecule has 6 aromatic rings. The lowest BCUT2D eigenvalue weighted by atomic mass is 9.86. The van der Waals surface area contributed by atoms with E-state index in [-0.39, 0.29) is 17.3 Å². The molecule has 0 saturated carbocycles. The van der Waals surface area contributed by atoms with Gasteiger partial charge in [-0.05, 0) is 248 Å². The van der Waals surface area contributed by atoms with E-state index in [1.807, 2.05) is 0 Å².